The molecule has 1 atom stereocenters. The standard InChI is InChI=1S/C12H18N4O2/c1-8-10(7-13-15-8)11(17)14-9(2)12(18)16-5-3-4-6-16/h7,9H,3-6H2,1-2H3,(H,13,15)(H,14,17). The van der Waals surface area contributed by atoms with Gasteiger partial charge in [0, 0.05) is 18.8 Å². The van der Waals surface area contributed by atoms with E-state index in [1.807, 2.05) is 0 Å². The summed E-state index contributed by atoms with van der Waals surface area (Å²) in [7, 11) is 0. The number of nitrogens with one attached hydrogen (secondary N) is 2. The Kier molecular flexibility index (Phi) is 3.64. The Morgan fingerprint density at radius 3 is 2.67 bits per heavy atom. The van der Waals surface area contributed by atoms with Crippen LogP contribution in [0.15, 0.2) is 6.20 Å². The fourth-order valence-electron chi connectivity index (χ4n) is 2.13. The highest BCUT2D eigenvalue weighted by atomic mass is 16.2. The van der Waals surface area contributed by atoms with Crippen molar-refractivity contribution in [2.45, 2.75) is 32.7 Å². The minimum absolute atomic E-state index is 0.0120. The van der Waals surface area contributed by atoms with Crippen LogP contribution in [0.5, 0.6) is 0 Å². The number of hydrogen-bond acceptors (Lipinski definition) is 3. The van der Waals surface area contributed by atoms with E-state index in [9.17, 15) is 9.59 Å². The van der Waals surface area contributed by atoms with E-state index in [1.165, 1.54) is 6.20 Å². The van der Waals surface area contributed by atoms with Crippen LogP contribution >= 0.6 is 0 Å². The van der Waals surface area contributed by atoms with Crippen molar-refractivity contribution in [2.75, 3.05) is 13.1 Å². The summed E-state index contributed by atoms with van der Waals surface area (Å²) < 4.78 is 0. The summed E-state index contributed by atoms with van der Waals surface area (Å²) in [4.78, 5) is 25.7. The molecule has 98 valence electrons. The molecule has 0 radical (unpaired) electrons. The number of aromatic nitrogens is 2. The second-order valence-corrected chi connectivity index (χ2v) is 4.64. The number of amides is 2. The molecule has 2 heterocycles. The Balaban J connectivity index is 1.94. The fourth-order valence-corrected chi connectivity index (χ4v) is 2.13. The van der Waals surface area contributed by atoms with E-state index in [4.69, 9.17) is 0 Å². The third kappa shape index (κ3) is 2.52. The van der Waals surface area contributed by atoms with Crippen molar-refractivity contribution in [1.29, 1.82) is 0 Å². The fraction of sp³-hybridized carbons (Fsp3) is 0.583. The van der Waals surface area contributed by atoms with Crippen LogP contribution in [0.2, 0.25) is 0 Å². The highest BCUT2D eigenvalue weighted by Gasteiger charge is 2.25. The lowest BCUT2D eigenvalue weighted by atomic mass is 10.2. The van der Waals surface area contributed by atoms with Crippen molar-refractivity contribution >= 4 is 11.8 Å². The summed E-state index contributed by atoms with van der Waals surface area (Å²) in [6.45, 7) is 5.08. The molecule has 1 saturated heterocycles. The number of hydrogen-bond donors (Lipinski definition) is 2. The minimum atomic E-state index is -0.495. The number of carbonyl (C=O) groups excluding carboxylic acids is 2. The van der Waals surface area contributed by atoms with E-state index in [-0.39, 0.29) is 11.8 Å². The Morgan fingerprint density at radius 1 is 1.44 bits per heavy atom. The molecule has 1 aliphatic heterocycles. The molecule has 6 heteroatoms. The average Bonchev–Trinajstić information content (AvgIpc) is 2.98. The molecule has 1 aromatic heterocycles. The Labute approximate surface area is 106 Å². The predicted molar refractivity (Wildman–Crippen MR) is 66.1 cm³/mol. The normalized spacial score (nSPS) is 16.7. The number of rotatable bonds is 3. The Bertz CT molecular complexity index is 449. The first-order valence-electron chi connectivity index (χ1n) is 6.19. The van der Waals surface area contributed by atoms with Crippen LogP contribution < -0.4 is 5.32 Å². The summed E-state index contributed by atoms with van der Waals surface area (Å²) in [5, 5.41) is 9.20. The molecule has 1 aromatic rings. The zero-order valence-corrected chi connectivity index (χ0v) is 10.7. The van der Waals surface area contributed by atoms with Crippen LogP contribution in [0.4, 0.5) is 0 Å². The van der Waals surface area contributed by atoms with Gasteiger partial charge in [0.1, 0.15) is 6.04 Å². The number of likely N-dealkylation sites (tertiary alicyclic amines) is 1. The first-order chi connectivity index (χ1) is 8.59. The third-order valence-electron chi connectivity index (χ3n) is 3.21. The van der Waals surface area contributed by atoms with Crippen LogP contribution in [-0.2, 0) is 4.79 Å². The summed E-state index contributed by atoms with van der Waals surface area (Å²) in [6.07, 6.45) is 3.57. The molecule has 2 N–H and O–H groups in total. The zero-order chi connectivity index (χ0) is 13.1. The molecule has 0 saturated carbocycles. The molecule has 0 spiro atoms. The van der Waals surface area contributed by atoms with E-state index < -0.39 is 6.04 Å². The Morgan fingerprint density at radius 2 is 2.11 bits per heavy atom. The molecule has 1 fully saturated rings. The van der Waals surface area contributed by atoms with Crippen molar-refractivity contribution in [1.82, 2.24) is 20.4 Å². The molecule has 6 nitrogen and oxygen atoms in total. The lowest BCUT2D eigenvalue weighted by molar-refractivity contribution is -0.131. The number of nitrogens with zero attached hydrogens (tertiary/aromatic N) is 2. The SMILES string of the molecule is Cc1[nH]ncc1C(=O)NC(C)C(=O)N1CCCC1. The van der Waals surface area contributed by atoms with Gasteiger partial charge in [-0.1, -0.05) is 0 Å². The highest BCUT2D eigenvalue weighted by molar-refractivity contribution is 5.98. The third-order valence-corrected chi connectivity index (χ3v) is 3.21. The number of H-pyrrole nitrogens is 1. The molecule has 2 rings (SSSR count). The van der Waals surface area contributed by atoms with Crippen LogP contribution in [0.1, 0.15) is 35.8 Å². The summed E-state index contributed by atoms with van der Waals surface area (Å²) in [5.41, 5.74) is 1.18. The molecule has 1 unspecified atom stereocenters. The summed E-state index contributed by atoms with van der Waals surface area (Å²) >= 11 is 0. The predicted octanol–water partition coefficient (Wildman–Crippen LogP) is 0.459. The van der Waals surface area contributed by atoms with E-state index >= 15 is 0 Å². The largest absolute Gasteiger partial charge is 0.341 e. The maximum Gasteiger partial charge on any atom is 0.255 e. The van der Waals surface area contributed by atoms with Gasteiger partial charge in [0.15, 0.2) is 0 Å². The van der Waals surface area contributed by atoms with Crippen LogP contribution in [0.3, 0.4) is 0 Å². The van der Waals surface area contributed by atoms with Crippen LogP contribution in [0.25, 0.3) is 0 Å². The maximum absolute atomic E-state index is 12.0. The topological polar surface area (TPSA) is 78.1 Å². The smallest absolute Gasteiger partial charge is 0.255 e. The first-order valence-corrected chi connectivity index (χ1v) is 6.19. The van der Waals surface area contributed by atoms with Gasteiger partial charge >= 0.3 is 0 Å². The van der Waals surface area contributed by atoms with Crippen LogP contribution in [0, 0.1) is 6.92 Å². The lowest BCUT2D eigenvalue weighted by Gasteiger charge is -2.20. The number of aromatic amines is 1. The quantitative estimate of drug-likeness (QED) is 0.818. The van der Waals surface area contributed by atoms with Gasteiger partial charge in [0.05, 0.1) is 11.8 Å². The molecule has 0 bridgehead atoms. The van der Waals surface area contributed by atoms with Crippen LogP contribution in [-0.4, -0.2) is 46.0 Å². The molecule has 1 aliphatic rings. The lowest BCUT2D eigenvalue weighted by Crippen LogP contribution is -2.46. The van der Waals surface area contributed by atoms with E-state index in [1.54, 1.807) is 18.7 Å². The number of carbonyl (C=O) groups is 2. The molecule has 0 aliphatic carbocycles. The molecular formula is C12H18N4O2. The van der Waals surface area contributed by atoms with Gasteiger partial charge in [0.2, 0.25) is 5.91 Å². The average molecular weight is 250 g/mol. The second kappa shape index (κ2) is 5.20. The summed E-state index contributed by atoms with van der Waals surface area (Å²) in [6, 6.07) is -0.495. The van der Waals surface area contributed by atoms with E-state index in [0.717, 1.165) is 25.9 Å². The van der Waals surface area contributed by atoms with E-state index in [0.29, 0.717) is 11.3 Å². The molecule has 0 aromatic carbocycles. The maximum atomic E-state index is 12.0. The van der Waals surface area contributed by atoms with E-state index in [2.05, 4.69) is 15.5 Å². The zero-order valence-electron chi connectivity index (χ0n) is 10.7. The molecular weight excluding hydrogens is 232 g/mol. The van der Waals surface area contributed by atoms with Gasteiger partial charge < -0.3 is 10.2 Å². The van der Waals surface area contributed by atoms with Gasteiger partial charge in [-0.15, -0.1) is 0 Å². The van der Waals surface area contributed by atoms with Gasteiger partial charge in [-0.3, -0.25) is 14.7 Å². The summed E-state index contributed by atoms with van der Waals surface area (Å²) in [5.74, 6) is -0.275. The van der Waals surface area contributed by atoms with Crippen molar-refractivity contribution in [3.05, 3.63) is 17.5 Å². The van der Waals surface area contributed by atoms with Crippen molar-refractivity contribution in [3.63, 3.8) is 0 Å². The molecule has 2 amide bonds. The monoisotopic (exact) mass is 250 g/mol. The van der Waals surface area contributed by atoms with Crippen molar-refractivity contribution in [3.8, 4) is 0 Å². The minimum Gasteiger partial charge on any atom is -0.341 e. The second-order valence-electron chi connectivity index (χ2n) is 4.64. The molecule has 18 heavy (non-hydrogen) atoms. The highest BCUT2D eigenvalue weighted by Crippen LogP contribution is 2.09. The number of aryl methyl sites for hydroxylation is 1. The Hall–Kier alpha value is -1.85. The first kappa shape index (κ1) is 12.6. The van der Waals surface area contributed by atoms with Crippen molar-refractivity contribution in [2.24, 2.45) is 0 Å². The van der Waals surface area contributed by atoms with Crippen molar-refractivity contribution < 1.29 is 9.59 Å². The van der Waals surface area contributed by atoms with Gasteiger partial charge in [0.25, 0.3) is 5.91 Å². The van der Waals surface area contributed by atoms with Gasteiger partial charge in [-0.05, 0) is 26.7 Å². The van der Waals surface area contributed by atoms with Gasteiger partial charge in [-0.25, -0.2) is 0 Å². The van der Waals surface area contributed by atoms with Gasteiger partial charge in [-0.2, -0.15) is 5.10 Å².